The Balaban J connectivity index is 1.83. The highest BCUT2D eigenvalue weighted by Gasteiger charge is 2.10. The lowest BCUT2D eigenvalue weighted by atomic mass is 10.1. The van der Waals surface area contributed by atoms with E-state index in [-0.39, 0.29) is 0 Å². The van der Waals surface area contributed by atoms with Gasteiger partial charge in [0.1, 0.15) is 0 Å². The van der Waals surface area contributed by atoms with Gasteiger partial charge < -0.3 is 15.0 Å². The monoisotopic (exact) mass is 332 g/mol. The Labute approximate surface area is 146 Å². The summed E-state index contributed by atoms with van der Waals surface area (Å²) in [5.74, 6) is 0.989. The normalized spacial score (nSPS) is 16.2. The molecular formula is C19H32N4O. The molecule has 1 fully saturated rings. The third-order valence-corrected chi connectivity index (χ3v) is 4.36. The lowest BCUT2D eigenvalue weighted by Crippen LogP contribution is -2.39. The molecule has 1 heterocycles. The SMILES string of the molecule is CCNC(=NCCCN1CCOCC1)N(C)Cc1ccccc1C. The van der Waals surface area contributed by atoms with Crippen LogP contribution in [0.25, 0.3) is 0 Å². The number of nitrogens with one attached hydrogen (secondary N) is 1. The summed E-state index contributed by atoms with van der Waals surface area (Å²) < 4.78 is 5.39. The summed E-state index contributed by atoms with van der Waals surface area (Å²) in [6.07, 6.45) is 1.09. The average Bonchev–Trinajstić information content (AvgIpc) is 2.60. The third-order valence-electron chi connectivity index (χ3n) is 4.36. The molecule has 1 saturated heterocycles. The highest BCUT2D eigenvalue weighted by atomic mass is 16.5. The van der Waals surface area contributed by atoms with Crippen LogP contribution >= 0.6 is 0 Å². The first-order valence-corrected chi connectivity index (χ1v) is 9.04. The first kappa shape index (κ1) is 18.7. The number of morpholine rings is 1. The molecule has 1 aromatic rings. The van der Waals surface area contributed by atoms with Crippen LogP contribution in [0.15, 0.2) is 29.3 Å². The van der Waals surface area contributed by atoms with Crippen molar-refractivity contribution >= 4 is 5.96 Å². The maximum atomic E-state index is 5.39. The summed E-state index contributed by atoms with van der Waals surface area (Å²) in [5.41, 5.74) is 2.67. The molecule has 2 rings (SSSR count). The summed E-state index contributed by atoms with van der Waals surface area (Å²) in [6, 6.07) is 8.54. The summed E-state index contributed by atoms with van der Waals surface area (Å²) in [5, 5.41) is 3.40. The van der Waals surface area contributed by atoms with Gasteiger partial charge in [-0.2, -0.15) is 0 Å². The number of rotatable bonds is 7. The predicted molar refractivity (Wildman–Crippen MR) is 101 cm³/mol. The molecular weight excluding hydrogens is 300 g/mol. The Morgan fingerprint density at radius 3 is 2.75 bits per heavy atom. The zero-order chi connectivity index (χ0) is 17.2. The number of aryl methyl sites for hydroxylation is 1. The first-order chi connectivity index (χ1) is 11.7. The van der Waals surface area contributed by atoms with E-state index in [0.29, 0.717) is 0 Å². The number of hydrogen-bond acceptors (Lipinski definition) is 3. The molecule has 0 aliphatic carbocycles. The number of guanidine groups is 1. The standard InChI is InChI=1S/C19H32N4O/c1-4-20-19(21-10-7-11-23-12-14-24-15-13-23)22(3)16-18-9-6-5-8-17(18)2/h5-6,8-9H,4,7,10-16H2,1-3H3,(H,20,21). The van der Waals surface area contributed by atoms with E-state index in [4.69, 9.17) is 9.73 Å². The van der Waals surface area contributed by atoms with Crippen LogP contribution in [0.3, 0.4) is 0 Å². The largest absolute Gasteiger partial charge is 0.379 e. The quantitative estimate of drug-likeness (QED) is 0.472. The molecule has 0 radical (unpaired) electrons. The molecule has 1 aliphatic rings. The van der Waals surface area contributed by atoms with Crippen LogP contribution in [0.2, 0.25) is 0 Å². The number of hydrogen-bond donors (Lipinski definition) is 1. The van der Waals surface area contributed by atoms with Gasteiger partial charge in [0, 0.05) is 46.3 Å². The van der Waals surface area contributed by atoms with Crippen LogP contribution < -0.4 is 5.32 Å². The Bertz CT molecular complexity index is 512. The minimum atomic E-state index is 0.859. The van der Waals surface area contributed by atoms with Crippen LogP contribution in [-0.4, -0.2) is 68.7 Å². The van der Waals surface area contributed by atoms with Gasteiger partial charge >= 0.3 is 0 Å². The molecule has 0 unspecified atom stereocenters. The van der Waals surface area contributed by atoms with Gasteiger partial charge in [-0.3, -0.25) is 9.89 Å². The van der Waals surface area contributed by atoms with Crippen LogP contribution in [0.5, 0.6) is 0 Å². The fourth-order valence-electron chi connectivity index (χ4n) is 2.89. The lowest BCUT2D eigenvalue weighted by molar-refractivity contribution is 0.0377. The molecule has 0 amide bonds. The number of ether oxygens (including phenoxy) is 1. The zero-order valence-electron chi connectivity index (χ0n) is 15.4. The maximum Gasteiger partial charge on any atom is 0.193 e. The summed E-state index contributed by atoms with van der Waals surface area (Å²) in [6.45, 7) is 11.8. The topological polar surface area (TPSA) is 40.1 Å². The molecule has 0 aromatic heterocycles. The Morgan fingerprint density at radius 1 is 1.29 bits per heavy atom. The maximum absolute atomic E-state index is 5.39. The van der Waals surface area contributed by atoms with Crippen molar-refractivity contribution in [2.45, 2.75) is 26.8 Å². The smallest absolute Gasteiger partial charge is 0.193 e. The molecule has 1 aromatic carbocycles. The Morgan fingerprint density at radius 2 is 2.04 bits per heavy atom. The van der Waals surface area contributed by atoms with Gasteiger partial charge in [-0.1, -0.05) is 24.3 Å². The molecule has 0 bridgehead atoms. The van der Waals surface area contributed by atoms with E-state index in [1.165, 1.54) is 11.1 Å². The highest BCUT2D eigenvalue weighted by Crippen LogP contribution is 2.09. The second-order valence-corrected chi connectivity index (χ2v) is 6.33. The molecule has 0 saturated carbocycles. The van der Waals surface area contributed by atoms with Gasteiger partial charge in [0.15, 0.2) is 5.96 Å². The molecule has 5 heteroatoms. The van der Waals surface area contributed by atoms with Crippen molar-refractivity contribution in [2.75, 3.05) is 53.0 Å². The number of nitrogens with zero attached hydrogens (tertiary/aromatic N) is 3. The Kier molecular flexibility index (Phi) is 8.05. The fraction of sp³-hybridized carbons (Fsp3) is 0.632. The van der Waals surface area contributed by atoms with E-state index in [1.807, 2.05) is 0 Å². The van der Waals surface area contributed by atoms with Crippen LogP contribution in [0.1, 0.15) is 24.5 Å². The van der Waals surface area contributed by atoms with Crippen molar-refractivity contribution in [3.63, 3.8) is 0 Å². The summed E-state index contributed by atoms with van der Waals surface area (Å²) in [7, 11) is 2.11. The number of aliphatic imine (C=N–C) groups is 1. The number of benzene rings is 1. The van der Waals surface area contributed by atoms with E-state index in [1.54, 1.807) is 0 Å². The van der Waals surface area contributed by atoms with Crippen molar-refractivity contribution in [2.24, 2.45) is 4.99 Å². The van der Waals surface area contributed by atoms with Gasteiger partial charge in [-0.15, -0.1) is 0 Å². The van der Waals surface area contributed by atoms with Crippen molar-refractivity contribution < 1.29 is 4.74 Å². The molecule has 24 heavy (non-hydrogen) atoms. The molecule has 5 nitrogen and oxygen atoms in total. The average molecular weight is 332 g/mol. The first-order valence-electron chi connectivity index (χ1n) is 9.04. The van der Waals surface area contributed by atoms with Gasteiger partial charge in [0.2, 0.25) is 0 Å². The summed E-state index contributed by atoms with van der Waals surface area (Å²) >= 11 is 0. The molecule has 0 spiro atoms. The van der Waals surface area contributed by atoms with Crippen LogP contribution in [-0.2, 0) is 11.3 Å². The van der Waals surface area contributed by atoms with Crippen LogP contribution in [0, 0.1) is 6.92 Å². The second-order valence-electron chi connectivity index (χ2n) is 6.33. The predicted octanol–water partition coefficient (Wildman–Crippen LogP) is 2.11. The van der Waals surface area contributed by atoms with E-state index in [0.717, 1.165) is 64.9 Å². The third kappa shape index (κ3) is 6.13. The van der Waals surface area contributed by atoms with Crippen molar-refractivity contribution in [3.8, 4) is 0 Å². The second kappa shape index (κ2) is 10.3. The molecule has 0 atom stereocenters. The van der Waals surface area contributed by atoms with Gasteiger partial charge in [0.05, 0.1) is 13.2 Å². The highest BCUT2D eigenvalue weighted by molar-refractivity contribution is 5.79. The van der Waals surface area contributed by atoms with E-state index in [2.05, 4.69) is 60.3 Å². The van der Waals surface area contributed by atoms with Gasteiger partial charge in [-0.25, -0.2) is 0 Å². The molecule has 1 N–H and O–H groups in total. The van der Waals surface area contributed by atoms with Crippen LogP contribution in [0.4, 0.5) is 0 Å². The minimum Gasteiger partial charge on any atom is -0.379 e. The van der Waals surface area contributed by atoms with Crippen molar-refractivity contribution in [1.29, 1.82) is 0 Å². The van der Waals surface area contributed by atoms with Gasteiger partial charge in [0.25, 0.3) is 0 Å². The molecule has 1 aliphatic heterocycles. The van der Waals surface area contributed by atoms with E-state index in [9.17, 15) is 0 Å². The van der Waals surface area contributed by atoms with E-state index < -0.39 is 0 Å². The van der Waals surface area contributed by atoms with Crippen molar-refractivity contribution in [1.82, 2.24) is 15.1 Å². The fourth-order valence-corrected chi connectivity index (χ4v) is 2.89. The lowest BCUT2D eigenvalue weighted by Gasteiger charge is -2.26. The van der Waals surface area contributed by atoms with E-state index >= 15 is 0 Å². The zero-order valence-corrected chi connectivity index (χ0v) is 15.4. The minimum absolute atomic E-state index is 0.859. The van der Waals surface area contributed by atoms with Crippen molar-refractivity contribution in [3.05, 3.63) is 35.4 Å². The summed E-state index contributed by atoms with van der Waals surface area (Å²) in [4.78, 5) is 9.47. The Hall–Kier alpha value is -1.59. The van der Waals surface area contributed by atoms with Gasteiger partial charge in [-0.05, 0) is 31.4 Å². The molecule has 134 valence electrons.